The summed E-state index contributed by atoms with van der Waals surface area (Å²) in [4.78, 5) is 13.3. The first-order valence-electron chi connectivity index (χ1n) is 5.00. The molecular weight excluding hydrogens is 196 g/mol. The molecule has 0 spiro atoms. The number of aromatic nitrogens is 2. The average molecular weight is 212 g/mol. The lowest BCUT2D eigenvalue weighted by atomic mass is 10.2. The number of anilines is 1. The van der Waals surface area contributed by atoms with Crippen LogP contribution in [0.4, 0.5) is 5.82 Å². The standard InChI is InChI=1S/C9H16N4O2/c1-3-4-5-6-13(2)9(14)7-8(10)12-15-11-7/h3-6H2,1-2H3,(H2,10,12). The Bertz CT molecular complexity index is 324. The Hall–Kier alpha value is -1.59. The van der Waals surface area contributed by atoms with Crippen LogP contribution in [0.15, 0.2) is 4.63 Å². The second kappa shape index (κ2) is 5.33. The van der Waals surface area contributed by atoms with Gasteiger partial charge in [-0.1, -0.05) is 19.8 Å². The minimum atomic E-state index is -0.246. The molecule has 0 aromatic carbocycles. The van der Waals surface area contributed by atoms with E-state index in [1.165, 1.54) is 0 Å². The number of amides is 1. The molecule has 1 aromatic rings. The van der Waals surface area contributed by atoms with Gasteiger partial charge in [-0.2, -0.15) is 0 Å². The second-order valence-corrected chi connectivity index (χ2v) is 3.43. The molecule has 1 heterocycles. The number of nitrogens with zero attached hydrogens (tertiary/aromatic N) is 3. The zero-order valence-corrected chi connectivity index (χ0v) is 9.06. The molecule has 15 heavy (non-hydrogen) atoms. The van der Waals surface area contributed by atoms with Crippen molar-refractivity contribution < 1.29 is 9.42 Å². The van der Waals surface area contributed by atoms with Crippen molar-refractivity contribution in [2.24, 2.45) is 0 Å². The molecule has 0 radical (unpaired) electrons. The van der Waals surface area contributed by atoms with E-state index in [2.05, 4.69) is 21.9 Å². The third-order valence-corrected chi connectivity index (χ3v) is 2.16. The van der Waals surface area contributed by atoms with Crippen LogP contribution in [0.3, 0.4) is 0 Å². The van der Waals surface area contributed by atoms with Crippen molar-refractivity contribution in [1.29, 1.82) is 0 Å². The van der Waals surface area contributed by atoms with Gasteiger partial charge in [0, 0.05) is 13.6 Å². The Balaban J connectivity index is 2.50. The van der Waals surface area contributed by atoms with Gasteiger partial charge in [0.2, 0.25) is 11.5 Å². The van der Waals surface area contributed by atoms with E-state index in [9.17, 15) is 4.79 Å². The molecule has 1 amide bonds. The van der Waals surface area contributed by atoms with Gasteiger partial charge in [-0.05, 0) is 16.7 Å². The van der Waals surface area contributed by atoms with Gasteiger partial charge in [0.1, 0.15) is 0 Å². The zero-order chi connectivity index (χ0) is 11.3. The molecule has 0 aliphatic heterocycles. The molecule has 0 bridgehead atoms. The molecule has 6 nitrogen and oxygen atoms in total. The third kappa shape index (κ3) is 2.93. The van der Waals surface area contributed by atoms with Crippen LogP contribution < -0.4 is 5.73 Å². The van der Waals surface area contributed by atoms with Crippen molar-refractivity contribution >= 4 is 11.7 Å². The fraction of sp³-hybridized carbons (Fsp3) is 0.667. The molecule has 6 heteroatoms. The largest absolute Gasteiger partial charge is 0.379 e. The van der Waals surface area contributed by atoms with E-state index in [1.54, 1.807) is 11.9 Å². The summed E-state index contributed by atoms with van der Waals surface area (Å²) in [7, 11) is 1.71. The summed E-state index contributed by atoms with van der Waals surface area (Å²) in [6, 6.07) is 0. The summed E-state index contributed by atoms with van der Waals surface area (Å²) in [6.45, 7) is 2.81. The SMILES string of the molecule is CCCCCN(C)C(=O)c1nonc1N. The van der Waals surface area contributed by atoms with Crippen LogP contribution in [0.25, 0.3) is 0 Å². The van der Waals surface area contributed by atoms with Crippen LogP contribution in [-0.4, -0.2) is 34.7 Å². The topological polar surface area (TPSA) is 85.2 Å². The lowest BCUT2D eigenvalue weighted by Crippen LogP contribution is -2.28. The number of rotatable bonds is 5. The summed E-state index contributed by atoms with van der Waals surface area (Å²) < 4.78 is 4.37. The number of hydrogen-bond donors (Lipinski definition) is 1. The monoisotopic (exact) mass is 212 g/mol. The third-order valence-electron chi connectivity index (χ3n) is 2.16. The normalized spacial score (nSPS) is 10.3. The molecule has 0 aliphatic carbocycles. The summed E-state index contributed by atoms with van der Waals surface area (Å²) in [6.07, 6.45) is 3.20. The highest BCUT2D eigenvalue weighted by molar-refractivity contribution is 5.95. The Morgan fingerprint density at radius 2 is 2.20 bits per heavy atom. The fourth-order valence-electron chi connectivity index (χ4n) is 1.23. The first kappa shape index (κ1) is 11.5. The Morgan fingerprint density at radius 3 is 2.73 bits per heavy atom. The van der Waals surface area contributed by atoms with Crippen molar-refractivity contribution in [2.75, 3.05) is 19.3 Å². The van der Waals surface area contributed by atoms with Gasteiger partial charge in [0.25, 0.3) is 5.91 Å². The number of unbranched alkanes of at least 4 members (excludes halogenated alkanes) is 2. The van der Waals surface area contributed by atoms with Crippen LogP contribution in [0.2, 0.25) is 0 Å². The first-order chi connectivity index (χ1) is 7.16. The maximum Gasteiger partial charge on any atom is 0.279 e. The van der Waals surface area contributed by atoms with Gasteiger partial charge < -0.3 is 10.6 Å². The molecule has 0 aliphatic rings. The van der Waals surface area contributed by atoms with Crippen molar-refractivity contribution in [2.45, 2.75) is 26.2 Å². The van der Waals surface area contributed by atoms with Crippen molar-refractivity contribution in [1.82, 2.24) is 15.2 Å². The molecule has 0 saturated carbocycles. The maximum atomic E-state index is 11.7. The summed E-state index contributed by atoms with van der Waals surface area (Å²) in [5.41, 5.74) is 5.51. The summed E-state index contributed by atoms with van der Waals surface area (Å²) in [5, 5.41) is 6.82. The van der Waals surface area contributed by atoms with Gasteiger partial charge in [-0.25, -0.2) is 4.63 Å². The van der Waals surface area contributed by atoms with Gasteiger partial charge in [-0.3, -0.25) is 4.79 Å². The zero-order valence-electron chi connectivity index (χ0n) is 9.06. The van der Waals surface area contributed by atoms with Crippen LogP contribution in [0, 0.1) is 0 Å². The predicted molar refractivity (Wildman–Crippen MR) is 55.2 cm³/mol. The molecular formula is C9H16N4O2. The highest BCUT2D eigenvalue weighted by Gasteiger charge is 2.19. The lowest BCUT2D eigenvalue weighted by Gasteiger charge is -2.14. The van der Waals surface area contributed by atoms with Crippen molar-refractivity contribution in [3.05, 3.63) is 5.69 Å². The molecule has 0 saturated heterocycles. The van der Waals surface area contributed by atoms with Crippen molar-refractivity contribution in [3.63, 3.8) is 0 Å². The highest BCUT2D eigenvalue weighted by atomic mass is 16.6. The number of nitrogen functional groups attached to an aromatic ring is 1. The Kier molecular flexibility index (Phi) is 4.08. The number of nitrogens with two attached hydrogens (primary N) is 1. The molecule has 0 atom stereocenters. The predicted octanol–water partition coefficient (Wildman–Crippen LogP) is 0.914. The van der Waals surface area contributed by atoms with Gasteiger partial charge >= 0.3 is 0 Å². The van der Waals surface area contributed by atoms with Crippen LogP contribution >= 0.6 is 0 Å². The molecule has 0 unspecified atom stereocenters. The Labute approximate surface area is 88.4 Å². The smallest absolute Gasteiger partial charge is 0.279 e. The second-order valence-electron chi connectivity index (χ2n) is 3.43. The van der Waals surface area contributed by atoms with Crippen LogP contribution in [0.5, 0.6) is 0 Å². The van der Waals surface area contributed by atoms with Gasteiger partial charge in [0.05, 0.1) is 0 Å². The van der Waals surface area contributed by atoms with E-state index >= 15 is 0 Å². The lowest BCUT2D eigenvalue weighted by molar-refractivity contribution is 0.0782. The number of carbonyl (C=O) groups excluding carboxylic acids is 1. The fourth-order valence-corrected chi connectivity index (χ4v) is 1.23. The van der Waals surface area contributed by atoms with E-state index in [0.717, 1.165) is 19.3 Å². The van der Waals surface area contributed by atoms with E-state index in [-0.39, 0.29) is 17.4 Å². The minimum Gasteiger partial charge on any atom is -0.379 e. The molecule has 2 N–H and O–H groups in total. The molecule has 1 aromatic heterocycles. The summed E-state index contributed by atoms with van der Waals surface area (Å²) in [5.74, 6) is -0.202. The molecule has 1 rings (SSSR count). The van der Waals surface area contributed by atoms with Crippen LogP contribution in [-0.2, 0) is 0 Å². The van der Waals surface area contributed by atoms with E-state index in [1.807, 2.05) is 0 Å². The number of carbonyl (C=O) groups is 1. The van der Waals surface area contributed by atoms with Gasteiger partial charge in [0.15, 0.2) is 0 Å². The average Bonchev–Trinajstić information content (AvgIpc) is 2.63. The first-order valence-corrected chi connectivity index (χ1v) is 5.00. The highest BCUT2D eigenvalue weighted by Crippen LogP contribution is 2.08. The minimum absolute atomic E-state index is 0.0438. The van der Waals surface area contributed by atoms with Gasteiger partial charge in [-0.15, -0.1) is 0 Å². The van der Waals surface area contributed by atoms with E-state index < -0.39 is 0 Å². The Morgan fingerprint density at radius 1 is 1.47 bits per heavy atom. The molecule has 0 fully saturated rings. The van der Waals surface area contributed by atoms with Crippen LogP contribution in [0.1, 0.15) is 36.7 Å². The summed E-state index contributed by atoms with van der Waals surface area (Å²) >= 11 is 0. The quantitative estimate of drug-likeness (QED) is 0.733. The van der Waals surface area contributed by atoms with E-state index in [0.29, 0.717) is 6.54 Å². The molecule has 84 valence electrons. The van der Waals surface area contributed by atoms with E-state index in [4.69, 9.17) is 5.73 Å². The maximum absolute atomic E-state index is 11.7. The van der Waals surface area contributed by atoms with Crippen molar-refractivity contribution in [3.8, 4) is 0 Å². The number of hydrogen-bond acceptors (Lipinski definition) is 5.